The van der Waals surface area contributed by atoms with Crippen molar-refractivity contribution in [2.45, 2.75) is 13.8 Å². The fraction of sp³-hybridized carbons (Fsp3) is 0.400. The summed E-state index contributed by atoms with van der Waals surface area (Å²) in [7, 11) is 1.75. The number of aryl methyl sites for hydroxylation is 1. The molecular weight excluding hydrogens is 222 g/mol. The zero-order valence-corrected chi connectivity index (χ0v) is 9.97. The number of nitrogen functional groups attached to an aromatic ring is 1. The van der Waals surface area contributed by atoms with E-state index in [1.807, 2.05) is 13.8 Å². The van der Waals surface area contributed by atoms with Gasteiger partial charge in [-0.15, -0.1) is 0 Å². The van der Waals surface area contributed by atoms with Crippen LogP contribution in [0.4, 0.5) is 5.95 Å². The minimum atomic E-state index is -0.307. The summed E-state index contributed by atoms with van der Waals surface area (Å²) < 4.78 is 1.64. The van der Waals surface area contributed by atoms with Gasteiger partial charge in [0.05, 0.1) is 6.33 Å². The molecule has 0 aromatic carbocycles. The Kier molecular flexibility index (Phi) is 3.97. The van der Waals surface area contributed by atoms with Gasteiger partial charge in [0.1, 0.15) is 6.29 Å². The summed E-state index contributed by atoms with van der Waals surface area (Å²) in [6.45, 7) is 3.71. The van der Waals surface area contributed by atoms with Gasteiger partial charge in [-0.2, -0.15) is 4.98 Å². The lowest BCUT2D eigenvalue weighted by molar-refractivity contribution is -0.110. The average Bonchev–Trinajstić information content (AvgIpc) is 2.62. The van der Waals surface area contributed by atoms with Crippen molar-refractivity contribution in [1.82, 2.24) is 19.5 Å². The first-order valence-corrected chi connectivity index (χ1v) is 5.07. The zero-order chi connectivity index (χ0) is 13.0. The highest BCUT2D eigenvalue weighted by Gasteiger charge is 2.05. The smallest absolute Gasteiger partial charge is 0.280 e. The maximum absolute atomic E-state index is 11.2. The Bertz CT molecular complexity index is 570. The normalized spacial score (nSPS) is 10.1. The van der Waals surface area contributed by atoms with E-state index in [4.69, 9.17) is 5.73 Å². The van der Waals surface area contributed by atoms with E-state index in [2.05, 4.69) is 15.0 Å². The summed E-state index contributed by atoms with van der Waals surface area (Å²) in [5.74, 6) is 0.311. The third-order valence-corrected chi connectivity index (χ3v) is 1.86. The summed E-state index contributed by atoms with van der Waals surface area (Å²) in [4.78, 5) is 30.8. The lowest BCUT2D eigenvalue weighted by Gasteiger charge is -1.93. The van der Waals surface area contributed by atoms with Crippen molar-refractivity contribution < 1.29 is 4.79 Å². The molecule has 0 saturated heterocycles. The molecule has 2 rings (SSSR count). The first-order chi connectivity index (χ1) is 7.95. The molecule has 2 aromatic heterocycles. The summed E-state index contributed by atoms with van der Waals surface area (Å²) in [6.07, 6.45) is 2.44. The van der Waals surface area contributed by atoms with Crippen LogP contribution in [0.3, 0.4) is 0 Å². The third kappa shape index (κ3) is 3.13. The largest absolute Gasteiger partial charge is 0.369 e. The van der Waals surface area contributed by atoms with Gasteiger partial charge in [-0.1, -0.05) is 13.8 Å². The molecule has 0 saturated carbocycles. The second-order valence-electron chi connectivity index (χ2n) is 3.86. The quantitative estimate of drug-likeness (QED) is 0.683. The highest BCUT2D eigenvalue weighted by Crippen LogP contribution is 2.02. The lowest BCUT2D eigenvalue weighted by Crippen LogP contribution is -2.11. The fourth-order valence-corrected chi connectivity index (χ4v) is 1.03. The minimum absolute atomic E-state index is 0.108. The number of aromatic nitrogens is 4. The van der Waals surface area contributed by atoms with Gasteiger partial charge in [0.15, 0.2) is 11.2 Å². The number of nitrogens with one attached hydrogen (secondary N) is 1. The van der Waals surface area contributed by atoms with Gasteiger partial charge in [-0.3, -0.25) is 9.78 Å². The number of fused-ring (bicyclic) bond motifs is 1. The van der Waals surface area contributed by atoms with E-state index in [0.717, 1.165) is 6.29 Å². The molecule has 0 amide bonds. The number of H-pyrrole nitrogens is 1. The molecule has 7 heteroatoms. The van der Waals surface area contributed by atoms with E-state index in [0.29, 0.717) is 11.2 Å². The van der Waals surface area contributed by atoms with Gasteiger partial charge in [-0.05, 0) is 0 Å². The lowest BCUT2D eigenvalue weighted by atomic mass is 10.3. The Hall–Kier alpha value is -2.18. The van der Waals surface area contributed by atoms with Crippen LogP contribution in [-0.2, 0) is 11.8 Å². The molecule has 0 aliphatic carbocycles. The molecule has 2 heterocycles. The Balaban J connectivity index is 0.000000249. The number of imidazole rings is 1. The average molecular weight is 237 g/mol. The van der Waals surface area contributed by atoms with Crippen LogP contribution in [0.1, 0.15) is 13.8 Å². The zero-order valence-electron chi connectivity index (χ0n) is 9.97. The maximum atomic E-state index is 11.2. The molecule has 17 heavy (non-hydrogen) atoms. The minimum Gasteiger partial charge on any atom is -0.369 e. The van der Waals surface area contributed by atoms with Crippen molar-refractivity contribution in [2.24, 2.45) is 13.0 Å². The predicted molar refractivity (Wildman–Crippen MR) is 64.4 cm³/mol. The maximum Gasteiger partial charge on any atom is 0.280 e. The van der Waals surface area contributed by atoms with Crippen LogP contribution in [0.5, 0.6) is 0 Å². The van der Waals surface area contributed by atoms with Gasteiger partial charge in [0.2, 0.25) is 5.95 Å². The van der Waals surface area contributed by atoms with Crippen molar-refractivity contribution in [2.75, 3.05) is 5.73 Å². The topological polar surface area (TPSA) is 107 Å². The van der Waals surface area contributed by atoms with Crippen LogP contribution >= 0.6 is 0 Å². The van der Waals surface area contributed by atoms with Gasteiger partial charge >= 0.3 is 0 Å². The number of aldehydes is 1. The van der Waals surface area contributed by atoms with E-state index < -0.39 is 0 Å². The Labute approximate surface area is 97.7 Å². The summed E-state index contributed by atoms with van der Waals surface area (Å²) in [5.41, 5.74) is 5.85. The molecule has 0 atom stereocenters. The second kappa shape index (κ2) is 5.24. The molecule has 0 bridgehead atoms. The summed E-state index contributed by atoms with van der Waals surface area (Å²) >= 11 is 0. The predicted octanol–water partition coefficient (Wildman–Crippen LogP) is 0.0801. The first-order valence-electron chi connectivity index (χ1n) is 5.07. The Morgan fingerprint density at radius 1 is 1.53 bits per heavy atom. The second-order valence-corrected chi connectivity index (χ2v) is 3.86. The molecule has 0 aliphatic heterocycles. The number of carbonyl (C=O) groups excluding carboxylic acids is 1. The van der Waals surface area contributed by atoms with Crippen LogP contribution in [0.25, 0.3) is 11.2 Å². The van der Waals surface area contributed by atoms with Crippen molar-refractivity contribution in [3.05, 3.63) is 16.7 Å². The van der Waals surface area contributed by atoms with Gasteiger partial charge in [-0.25, -0.2) is 4.98 Å². The first kappa shape index (κ1) is 12.9. The number of nitrogens with zero attached hydrogens (tertiary/aromatic N) is 3. The van der Waals surface area contributed by atoms with Crippen molar-refractivity contribution >= 4 is 23.4 Å². The number of nitrogens with two attached hydrogens (primary N) is 1. The van der Waals surface area contributed by atoms with Crippen molar-refractivity contribution in [1.29, 1.82) is 0 Å². The number of hydrogen-bond acceptors (Lipinski definition) is 5. The van der Waals surface area contributed by atoms with Crippen LogP contribution < -0.4 is 11.3 Å². The van der Waals surface area contributed by atoms with E-state index in [1.54, 1.807) is 11.6 Å². The molecule has 92 valence electrons. The van der Waals surface area contributed by atoms with E-state index in [9.17, 15) is 9.59 Å². The Morgan fingerprint density at radius 2 is 2.12 bits per heavy atom. The number of anilines is 1. The molecule has 0 unspecified atom stereocenters. The molecule has 2 aromatic rings. The summed E-state index contributed by atoms with van der Waals surface area (Å²) in [6, 6.07) is 0. The molecule has 0 fully saturated rings. The third-order valence-electron chi connectivity index (χ3n) is 1.86. The molecule has 0 aliphatic rings. The molecule has 0 radical (unpaired) electrons. The van der Waals surface area contributed by atoms with Crippen molar-refractivity contribution in [3.63, 3.8) is 0 Å². The Morgan fingerprint density at radius 3 is 2.65 bits per heavy atom. The van der Waals surface area contributed by atoms with Crippen LogP contribution in [0.2, 0.25) is 0 Å². The van der Waals surface area contributed by atoms with Crippen LogP contribution in [0, 0.1) is 5.92 Å². The standard InChI is InChI=1S/C6H7N5O.C4H8O/c1-11-2-8-3-4(11)9-6(7)10-5(3)12;1-4(2)3-5/h2H,1H3,(H3,7,9,10,12);3-4H,1-2H3. The van der Waals surface area contributed by atoms with E-state index in [1.165, 1.54) is 6.33 Å². The molecular formula is C10H15N5O2. The number of rotatable bonds is 1. The van der Waals surface area contributed by atoms with Gasteiger partial charge < -0.3 is 15.1 Å². The van der Waals surface area contributed by atoms with E-state index in [-0.39, 0.29) is 17.4 Å². The van der Waals surface area contributed by atoms with Crippen molar-refractivity contribution in [3.8, 4) is 0 Å². The highest BCUT2D eigenvalue weighted by molar-refractivity contribution is 5.70. The monoisotopic (exact) mass is 237 g/mol. The van der Waals surface area contributed by atoms with Crippen LogP contribution in [-0.4, -0.2) is 25.8 Å². The summed E-state index contributed by atoms with van der Waals surface area (Å²) in [5, 5.41) is 0. The highest BCUT2D eigenvalue weighted by atomic mass is 16.1. The number of aromatic amines is 1. The van der Waals surface area contributed by atoms with Crippen LogP contribution in [0.15, 0.2) is 11.1 Å². The fourth-order valence-electron chi connectivity index (χ4n) is 1.03. The van der Waals surface area contributed by atoms with Gasteiger partial charge in [0, 0.05) is 13.0 Å². The number of carbonyl (C=O) groups is 1. The van der Waals surface area contributed by atoms with Gasteiger partial charge in [0.25, 0.3) is 5.56 Å². The molecule has 0 spiro atoms. The molecule has 7 nitrogen and oxygen atoms in total. The van der Waals surface area contributed by atoms with E-state index >= 15 is 0 Å². The number of hydrogen-bond donors (Lipinski definition) is 2. The SMILES string of the molecule is CC(C)C=O.Cn1cnc2c(=O)[nH]c(N)nc21. The molecule has 3 N–H and O–H groups in total.